The molecular weight excluding hydrogens is 206 g/mol. The van der Waals surface area contributed by atoms with Crippen LogP contribution in [-0.4, -0.2) is 0 Å². The van der Waals surface area contributed by atoms with Crippen molar-refractivity contribution in [3.63, 3.8) is 0 Å². The molecular formula is C16H17N. The first kappa shape index (κ1) is 11.5. The van der Waals surface area contributed by atoms with Crippen molar-refractivity contribution >= 4 is 11.4 Å². The van der Waals surface area contributed by atoms with Gasteiger partial charge in [-0.1, -0.05) is 48.5 Å². The largest absolute Gasteiger partial charge is 0.355 e. The highest BCUT2D eigenvalue weighted by molar-refractivity contribution is 5.76. The number of rotatable bonds is 3. The van der Waals surface area contributed by atoms with Gasteiger partial charge in [-0.2, -0.15) is 0 Å². The Balaban J connectivity index is 2.20. The van der Waals surface area contributed by atoms with E-state index in [0.29, 0.717) is 0 Å². The lowest BCUT2D eigenvalue weighted by Crippen LogP contribution is -1.99. The Bertz CT molecular complexity index is 541. The van der Waals surface area contributed by atoms with E-state index in [4.69, 9.17) is 0 Å². The summed E-state index contributed by atoms with van der Waals surface area (Å²) in [6, 6.07) is 16.6. The van der Waals surface area contributed by atoms with Crippen molar-refractivity contribution in [2.24, 2.45) is 0 Å². The lowest BCUT2D eigenvalue weighted by molar-refractivity contribution is 1.41. The average molecular weight is 223 g/mol. The van der Waals surface area contributed by atoms with Gasteiger partial charge < -0.3 is 5.32 Å². The third-order valence-corrected chi connectivity index (χ3v) is 2.80. The topological polar surface area (TPSA) is 12.0 Å². The van der Waals surface area contributed by atoms with E-state index in [-0.39, 0.29) is 0 Å². The minimum atomic E-state index is 0.933. The van der Waals surface area contributed by atoms with E-state index in [1.807, 2.05) is 12.1 Å². The fourth-order valence-electron chi connectivity index (χ4n) is 1.78. The Morgan fingerprint density at radius 1 is 1.00 bits per heavy atom. The summed E-state index contributed by atoms with van der Waals surface area (Å²) < 4.78 is 0. The quantitative estimate of drug-likeness (QED) is 0.814. The predicted octanol–water partition coefficient (Wildman–Crippen LogP) is 4.39. The number of hydrogen-bond acceptors (Lipinski definition) is 1. The van der Waals surface area contributed by atoms with Crippen molar-refractivity contribution < 1.29 is 0 Å². The maximum Gasteiger partial charge on any atom is 0.0413 e. The maximum absolute atomic E-state index is 4.09. The van der Waals surface area contributed by atoms with Gasteiger partial charge in [0.1, 0.15) is 0 Å². The van der Waals surface area contributed by atoms with Gasteiger partial charge in [0.15, 0.2) is 0 Å². The molecule has 1 N–H and O–H groups in total. The monoisotopic (exact) mass is 223 g/mol. The second-order valence-corrected chi connectivity index (χ2v) is 4.29. The SMILES string of the molecule is C=C(Nc1ccccc1C)c1cccc(C)c1. The molecule has 0 radical (unpaired) electrons. The molecule has 0 bridgehead atoms. The van der Waals surface area contributed by atoms with Crippen LogP contribution in [0.3, 0.4) is 0 Å². The zero-order valence-electron chi connectivity index (χ0n) is 10.3. The Morgan fingerprint density at radius 2 is 1.76 bits per heavy atom. The molecule has 0 heterocycles. The molecule has 0 aliphatic carbocycles. The molecule has 0 saturated carbocycles. The predicted molar refractivity (Wildman–Crippen MR) is 75.0 cm³/mol. The third-order valence-electron chi connectivity index (χ3n) is 2.80. The fourth-order valence-corrected chi connectivity index (χ4v) is 1.78. The van der Waals surface area contributed by atoms with Gasteiger partial charge in [-0.15, -0.1) is 0 Å². The van der Waals surface area contributed by atoms with E-state index in [1.165, 1.54) is 11.1 Å². The van der Waals surface area contributed by atoms with E-state index < -0.39 is 0 Å². The van der Waals surface area contributed by atoms with Crippen LogP contribution in [0, 0.1) is 13.8 Å². The van der Waals surface area contributed by atoms with Crippen molar-refractivity contribution in [3.05, 3.63) is 71.8 Å². The van der Waals surface area contributed by atoms with E-state index in [1.54, 1.807) is 0 Å². The lowest BCUT2D eigenvalue weighted by Gasteiger charge is -2.12. The zero-order chi connectivity index (χ0) is 12.3. The van der Waals surface area contributed by atoms with Gasteiger partial charge in [0.05, 0.1) is 0 Å². The van der Waals surface area contributed by atoms with Crippen molar-refractivity contribution in [3.8, 4) is 0 Å². The molecule has 2 aromatic rings. The number of benzene rings is 2. The molecule has 0 atom stereocenters. The molecule has 17 heavy (non-hydrogen) atoms. The van der Waals surface area contributed by atoms with Crippen molar-refractivity contribution in [2.45, 2.75) is 13.8 Å². The summed E-state index contributed by atoms with van der Waals surface area (Å²) in [5.74, 6) is 0. The van der Waals surface area contributed by atoms with Crippen LogP contribution in [0.1, 0.15) is 16.7 Å². The van der Waals surface area contributed by atoms with Crippen molar-refractivity contribution in [1.29, 1.82) is 0 Å². The summed E-state index contributed by atoms with van der Waals surface area (Å²) in [7, 11) is 0. The molecule has 1 heteroatoms. The van der Waals surface area contributed by atoms with Crippen LogP contribution >= 0.6 is 0 Å². The minimum absolute atomic E-state index is 0.933. The Kier molecular flexibility index (Phi) is 3.29. The van der Waals surface area contributed by atoms with Crippen molar-refractivity contribution in [1.82, 2.24) is 0 Å². The van der Waals surface area contributed by atoms with Gasteiger partial charge in [0.2, 0.25) is 0 Å². The summed E-state index contributed by atoms with van der Waals surface area (Å²) >= 11 is 0. The van der Waals surface area contributed by atoms with Crippen molar-refractivity contribution in [2.75, 3.05) is 5.32 Å². The van der Waals surface area contributed by atoms with Crippen LogP contribution in [0.25, 0.3) is 5.70 Å². The molecule has 2 rings (SSSR count). The zero-order valence-corrected chi connectivity index (χ0v) is 10.3. The highest BCUT2D eigenvalue weighted by Gasteiger charge is 2.01. The molecule has 86 valence electrons. The van der Waals surface area contributed by atoms with E-state index in [9.17, 15) is 0 Å². The van der Waals surface area contributed by atoms with Gasteiger partial charge in [0.25, 0.3) is 0 Å². The first-order valence-electron chi connectivity index (χ1n) is 5.75. The molecule has 0 unspecified atom stereocenters. The highest BCUT2D eigenvalue weighted by atomic mass is 14.9. The van der Waals surface area contributed by atoms with Gasteiger partial charge >= 0.3 is 0 Å². The molecule has 0 aliphatic rings. The molecule has 0 spiro atoms. The van der Waals surface area contributed by atoms with E-state index in [0.717, 1.165) is 16.9 Å². The highest BCUT2D eigenvalue weighted by Crippen LogP contribution is 2.20. The second-order valence-electron chi connectivity index (χ2n) is 4.29. The van der Waals surface area contributed by atoms with Crippen LogP contribution in [0.2, 0.25) is 0 Å². The maximum atomic E-state index is 4.09. The van der Waals surface area contributed by atoms with Crippen LogP contribution in [0.15, 0.2) is 55.1 Å². The Hall–Kier alpha value is -2.02. The summed E-state index contributed by atoms with van der Waals surface area (Å²) in [5.41, 5.74) is 5.65. The standard InChI is InChI=1S/C16H17N/c1-12-7-6-9-15(11-12)14(3)17-16-10-5-4-8-13(16)2/h4-11,17H,3H2,1-2H3. The van der Waals surface area contributed by atoms with Gasteiger partial charge in [-0.25, -0.2) is 0 Å². The smallest absolute Gasteiger partial charge is 0.0413 e. The Morgan fingerprint density at radius 3 is 2.47 bits per heavy atom. The molecule has 0 saturated heterocycles. The number of para-hydroxylation sites is 1. The summed E-state index contributed by atoms with van der Waals surface area (Å²) in [5, 5.41) is 3.36. The summed E-state index contributed by atoms with van der Waals surface area (Å²) in [4.78, 5) is 0. The van der Waals surface area contributed by atoms with E-state index >= 15 is 0 Å². The van der Waals surface area contributed by atoms with Crippen LogP contribution in [0.5, 0.6) is 0 Å². The second kappa shape index (κ2) is 4.88. The molecule has 2 aromatic carbocycles. The van der Waals surface area contributed by atoms with Gasteiger partial charge in [-0.05, 0) is 37.1 Å². The molecule has 0 aromatic heterocycles. The number of anilines is 1. The summed E-state index contributed by atoms with van der Waals surface area (Å²) in [6.45, 7) is 8.27. The van der Waals surface area contributed by atoms with Gasteiger partial charge in [-0.3, -0.25) is 0 Å². The Labute approximate surface area is 103 Å². The van der Waals surface area contributed by atoms with Crippen LogP contribution in [0.4, 0.5) is 5.69 Å². The van der Waals surface area contributed by atoms with E-state index in [2.05, 4.69) is 62.1 Å². The molecule has 0 fully saturated rings. The third kappa shape index (κ3) is 2.76. The van der Waals surface area contributed by atoms with Gasteiger partial charge in [0, 0.05) is 11.4 Å². The van der Waals surface area contributed by atoms with Crippen LogP contribution in [-0.2, 0) is 0 Å². The normalized spacial score (nSPS) is 10.0. The molecule has 1 nitrogen and oxygen atoms in total. The first-order chi connectivity index (χ1) is 8.16. The van der Waals surface area contributed by atoms with Crippen LogP contribution < -0.4 is 5.32 Å². The minimum Gasteiger partial charge on any atom is -0.355 e. The molecule has 0 aliphatic heterocycles. The average Bonchev–Trinajstić information content (AvgIpc) is 2.32. The number of aryl methyl sites for hydroxylation is 2. The molecule has 0 amide bonds. The number of nitrogens with one attached hydrogen (secondary N) is 1. The lowest BCUT2D eigenvalue weighted by atomic mass is 10.1. The summed E-state index contributed by atoms with van der Waals surface area (Å²) in [6.07, 6.45) is 0. The fraction of sp³-hybridized carbons (Fsp3) is 0.125. The first-order valence-corrected chi connectivity index (χ1v) is 5.75. The number of hydrogen-bond donors (Lipinski definition) is 1.